The highest BCUT2D eigenvalue weighted by Crippen LogP contribution is 2.53. The third-order valence-electron chi connectivity index (χ3n) is 18.4. The van der Waals surface area contributed by atoms with Gasteiger partial charge in [0.1, 0.15) is 11.3 Å². The van der Waals surface area contributed by atoms with E-state index < -0.39 is 16.6 Å². The van der Waals surface area contributed by atoms with E-state index >= 15 is 9.18 Å². The first-order chi connectivity index (χ1) is 36.8. The van der Waals surface area contributed by atoms with Crippen molar-refractivity contribution >= 4 is 52.1 Å². The molecule has 7 aliphatic rings. The predicted octanol–water partition coefficient (Wildman–Crippen LogP) is 8.29. The Bertz CT molecular complexity index is 3070. The fourth-order valence-electron chi connectivity index (χ4n) is 13.5. The van der Waals surface area contributed by atoms with E-state index in [2.05, 4.69) is 57.9 Å². The number of amides is 5. The number of rotatable bonds is 10. The third kappa shape index (κ3) is 8.98. The molecule has 5 amide bonds. The van der Waals surface area contributed by atoms with Crippen LogP contribution in [0.3, 0.4) is 0 Å². The van der Waals surface area contributed by atoms with Crippen molar-refractivity contribution < 1.29 is 33.1 Å². The first-order valence-corrected chi connectivity index (χ1v) is 27.9. The van der Waals surface area contributed by atoms with Crippen LogP contribution in [0.15, 0.2) is 73.2 Å². The summed E-state index contributed by atoms with van der Waals surface area (Å²) in [7, 11) is 0. The fraction of sp³-hybridized carbons (Fsp3) is 0.525. The highest BCUT2D eigenvalue weighted by molar-refractivity contribution is 6.09. The zero-order chi connectivity index (χ0) is 52.5. The van der Waals surface area contributed by atoms with Gasteiger partial charge in [-0.25, -0.2) is 19.3 Å². The standard InChI is InChI=1S/C59H69FN10O6/c1-37(2)69-36-62-47-34-46(63-54(52(47)69)76-49-10-6-5-9-45(49)60)39-11-14-44-48(31-39)70(42-32-41(33-42)65-23-7-4-8-24-65)57(75)59(44)21-29-68(30-22-59)56(74)58(3)19-27-67(28-20-58)55(73)38-17-25-66(26-18-38)50-15-12-40(35-61-50)43-13-16-51(71)64-53(43)72/h5-6,9-12,14-15,31,34-38,41-43H,4,7-8,13,16-30,32-33H2,1-3H3,(H,64,71,72)/t41-,42+,43?. The van der Waals surface area contributed by atoms with E-state index in [0.29, 0.717) is 113 Å². The first kappa shape index (κ1) is 50.1. The number of carbonyl (C=O) groups excluding carboxylic acids is 5. The molecule has 17 heteroatoms. The van der Waals surface area contributed by atoms with Crippen LogP contribution in [0.1, 0.15) is 127 Å². The van der Waals surface area contributed by atoms with Crippen molar-refractivity contribution in [2.45, 2.75) is 134 Å². The highest BCUT2D eigenvalue weighted by atomic mass is 19.1. The zero-order valence-corrected chi connectivity index (χ0v) is 44.0. The zero-order valence-electron chi connectivity index (χ0n) is 44.0. The van der Waals surface area contributed by atoms with E-state index in [1.165, 1.54) is 25.3 Å². The van der Waals surface area contributed by atoms with Gasteiger partial charge in [0.25, 0.3) is 0 Å². The van der Waals surface area contributed by atoms with Crippen molar-refractivity contribution in [2.24, 2.45) is 11.3 Å². The van der Waals surface area contributed by atoms with Gasteiger partial charge in [-0.1, -0.05) is 43.7 Å². The Morgan fingerprint density at radius 1 is 0.803 bits per heavy atom. The van der Waals surface area contributed by atoms with Gasteiger partial charge in [-0.05, 0) is 139 Å². The summed E-state index contributed by atoms with van der Waals surface area (Å²) in [6.07, 6.45) is 13.5. The van der Waals surface area contributed by atoms with Gasteiger partial charge in [0, 0.05) is 92.6 Å². The summed E-state index contributed by atoms with van der Waals surface area (Å²) in [5.41, 5.74) is 4.09. The molecule has 16 nitrogen and oxygen atoms in total. The molecule has 0 radical (unpaired) electrons. The molecule has 12 rings (SSSR count). The molecule has 3 aromatic heterocycles. The van der Waals surface area contributed by atoms with Crippen LogP contribution in [-0.4, -0.2) is 128 Å². The monoisotopic (exact) mass is 1030 g/mol. The van der Waals surface area contributed by atoms with E-state index in [-0.39, 0.29) is 65.1 Å². The average molecular weight is 1030 g/mol. The molecule has 0 bridgehead atoms. The lowest BCUT2D eigenvalue weighted by Crippen LogP contribution is -2.59. The Kier molecular flexibility index (Phi) is 13.2. The Morgan fingerprint density at radius 3 is 2.24 bits per heavy atom. The summed E-state index contributed by atoms with van der Waals surface area (Å²) in [6.45, 7) is 11.8. The second kappa shape index (κ2) is 20.0. The minimum Gasteiger partial charge on any atom is -0.434 e. The van der Waals surface area contributed by atoms with Crippen LogP contribution in [0.4, 0.5) is 15.9 Å². The van der Waals surface area contributed by atoms with Crippen molar-refractivity contribution in [1.82, 2.24) is 39.5 Å². The number of hydrogen-bond donors (Lipinski definition) is 1. The molecule has 2 aromatic carbocycles. The molecule has 1 atom stereocenters. The number of imidazole rings is 1. The molecule has 1 unspecified atom stereocenters. The lowest BCUT2D eigenvalue weighted by molar-refractivity contribution is -0.150. The Labute approximate surface area is 443 Å². The number of nitrogens with one attached hydrogen (secondary N) is 1. The molecule has 1 spiro atoms. The normalized spacial score (nSPS) is 24.0. The number of hydrogen-bond acceptors (Lipinski definition) is 11. The minimum atomic E-state index is -0.769. The van der Waals surface area contributed by atoms with Gasteiger partial charge in [-0.2, -0.15) is 0 Å². The molecule has 6 fully saturated rings. The number of fused-ring (bicyclic) bond motifs is 3. The molecule has 6 aliphatic heterocycles. The van der Waals surface area contributed by atoms with Crippen molar-refractivity contribution in [1.29, 1.82) is 0 Å². The van der Waals surface area contributed by atoms with Gasteiger partial charge in [0.05, 0.1) is 28.9 Å². The molecule has 5 aromatic rings. The van der Waals surface area contributed by atoms with Crippen molar-refractivity contribution in [3.05, 3.63) is 90.1 Å². The van der Waals surface area contributed by atoms with Crippen LogP contribution in [0, 0.1) is 17.2 Å². The summed E-state index contributed by atoms with van der Waals surface area (Å²) in [6, 6.07) is 18.9. The third-order valence-corrected chi connectivity index (χ3v) is 18.4. The Hall–Kier alpha value is -6.75. The van der Waals surface area contributed by atoms with Gasteiger partial charge in [0.15, 0.2) is 11.6 Å². The SMILES string of the molecule is CC(C)n1cnc2cc(-c3ccc4c(c3)N([C@H]3C[C@@H](N5CCCCC5)C3)C(=O)C43CCN(C(=O)C4(C)CCN(C(=O)C5CCN(c6ccc(C7CCC(=O)NC7=O)cn6)CC5)CC4)CC3)nc(Oc3ccccc3F)c21. The molecule has 5 saturated heterocycles. The number of piperidine rings is 5. The van der Waals surface area contributed by atoms with E-state index in [4.69, 9.17) is 14.7 Å². The van der Waals surface area contributed by atoms with Crippen molar-refractivity contribution in [3.63, 3.8) is 0 Å². The summed E-state index contributed by atoms with van der Waals surface area (Å²) >= 11 is 0. The number of carbonyl (C=O) groups is 5. The summed E-state index contributed by atoms with van der Waals surface area (Å²) in [5, 5.41) is 2.42. The van der Waals surface area contributed by atoms with Crippen LogP contribution in [0.5, 0.6) is 11.6 Å². The van der Waals surface area contributed by atoms with Gasteiger partial charge in [-0.3, -0.25) is 29.3 Å². The largest absolute Gasteiger partial charge is 0.434 e. The summed E-state index contributed by atoms with van der Waals surface area (Å²) in [5.74, 6) is 0.0484. The van der Waals surface area contributed by atoms with E-state index in [0.717, 1.165) is 54.1 Å². The van der Waals surface area contributed by atoms with E-state index in [9.17, 15) is 19.2 Å². The smallest absolute Gasteiger partial charge is 0.246 e. The van der Waals surface area contributed by atoms with Gasteiger partial charge < -0.3 is 33.8 Å². The summed E-state index contributed by atoms with van der Waals surface area (Å²) in [4.78, 5) is 93.3. The molecular weight excluding hydrogens is 964 g/mol. The van der Waals surface area contributed by atoms with Gasteiger partial charge in [-0.15, -0.1) is 0 Å². The number of aromatic nitrogens is 4. The number of pyridine rings is 2. The Morgan fingerprint density at radius 2 is 1.54 bits per heavy atom. The number of halogens is 1. The highest BCUT2D eigenvalue weighted by Gasteiger charge is 2.56. The van der Waals surface area contributed by atoms with Gasteiger partial charge in [0.2, 0.25) is 35.4 Å². The number of para-hydroxylation sites is 1. The lowest BCUT2D eigenvalue weighted by atomic mass is 9.72. The predicted molar refractivity (Wildman–Crippen MR) is 285 cm³/mol. The summed E-state index contributed by atoms with van der Waals surface area (Å²) < 4.78 is 23.3. The first-order valence-electron chi connectivity index (χ1n) is 27.9. The maximum atomic E-state index is 15.3. The van der Waals surface area contributed by atoms with Crippen LogP contribution in [0.2, 0.25) is 0 Å². The molecule has 1 saturated carbocycles. The molecular formula is C59H69FN10O6. The quantitative estimate of drug-likeness (QED) is 0.134. The van der Waals surface area contributed by atoms with Crippen molar-refractivity contribution in [3.8, 4) is 22.9 Å². The number of benzene rings is 2. The molecule has 76 heavy (non-hydrogen) atoms. The topological polar surface area (TPSA) is 166 Å². The minimum absolute atomic E-state index is 0.0507. The average Bonchev–Trinajstić information content (AvgIpc) is 4.18. The van der Waals surface area contributed by atoms with Crippen LogP contribution < -0.4 is 19.9 Å². The maximum absolute atomic E-state index is 15.3. The number of ether oxygens (including phenoxy) is 1. The fourth-order valence-corrected chi connectivity index (χ4v) is 13.5. The van der Waals surface area contributed by atoms with Crippen LogP contribution in [0.25, 0.3) is 22.3 Å². The molecule has 1 aliphatic carbocycles. The number of anilines is 2. The molecule has 9 heterocycles. The number of likely N-dealkylation sites (tertiary alicyclic amines) is 3. The maximum Gasteiger partial charge on any atom is 0.246 e. The lowest BCUT2D eigenvalue weighted by Gasteiger charge is -2.48. The molecule has 1 N–H and O–H groups in total. The molecule has 398 valence electrons. The number of nitrogens with zero attached hydrogens (tertiary/aromatic N) is 9. The second-order valence-corrected chi connectivity index (χ2v) is 23.2. The van der Waals surface area contributed by atoms with E-state index in [1.807, 2.05) is 38.6 Å². The number of imide groups is 1. The van der Waals surface area contributed by atoms with Crippen molar-refractivity contribution in [2.75, 3.05) is 62.2 Å². The van der Waals surface area contributed by atoms with E-state index in [1.54, 1.807) is 30.7 Å². The second-order valence-electron chi connectivity index (χ2n) is 23.2. The van der Waals surface area contributed by atoms with Crippen LogP contribution in [-0.2, 0) is 29.4 Å². The van der Waals surface area contributed by atoms with Crippen LogP contribution >= 0.6 is 0 Å². The van der Waals surface area contributed by atoms with Gasteiger partial charge >= 0.3 is 0 Å². The Balaban J connectivity index is 0.722.